The monoisotopic (exact) mass is 605 g/mol. The molecule has 0 heterocycles. The van der Waals surface area contributed by atoms with Crippen molar-refractivity contribution < 1.29 is 41.1 Å². The summed E-state index contributed by atoms with van der Waals surface area (Å²) >= 11 is 0. The van der Waals surface area contributed by atoms with E-state index in [0.29, 0.717) is 12.8 Å². The molecule has 0 fully saturated rings. The number of carbonyl (C=O) groups excluding carboxylic acids is 2. The molecule has 0 aromatic carbocycles. The van der Waals surface area contributed by atoms with E-state index in [4.69, 9.17) is 14.0 Å². The summed E-state index contributed by atoms with van der Waals surface area (Å²) in [4.78, 5) is 22.9. The highest BCUT2D eigenvalue weighted by molar-refractivity contribution is 7.92. The van der Waals surface area contributed by atoms with E-state index in [2.05, 4.69) is 32.9 Å². The first-order valence-electron chi connectivity index (χ1n) is 13.6. The van der Waals surface area contributed by atoms with Gasteiger partial charge < -0.3 is 9.47 Å². The Morgan fingerprint density at radius 3 is 1.62 bits per heavy atom. The Morgan fingerprint density at radius 2 is 1.23 bits per heavy atom. The minimum Gasteiger partial charge on any atom is -0.397 e. The van der Waals surface area contributed by atoms with Crippen molar-refractivity contribution in [3.63, 3.8) is 0 Å². The topological polar surface area (TPSA) is 133 Å². The molecule has 0 radical (unpaired) electrons. The number of carbonyl (C=O) groups is 2. The lowest BCUT2D eigenvalue weighted by Gasteiger charge is -2.23. The molecule has 0 rings (SSSR count). The molecule has 40 heavy (non-hydrogen) atoms. The van der Waals surface area contributed by atoms with E-state index in [9.17, 15) is 27.1 Å². The second-order valence-corrected chi connectivity index (χ2v) is 15.7. The van der Waals surface area contributed by atoms with E-state index in [0.717, 1.165) is 31.3 Å². The van der Waals surface area contributed by atoms with Gasteiger partial charge in [0.1, 0.15) is 0 Å². The molecule has 0 aliphatic carbocycles. The second kappa shape index (κ2) is 17.2. The van der Waals surface area contributed by atoms with Crippen LogP contribution in [-0.4, -0.2) is 36.4 Å². The van der Waals surface area contributed by atoms with Crippen molar-refractivity contribution in [3.05, 3.63) is 34.9 Å². The second-order valence-electron chi connectivity index (χ2n) is 12.4. The highest BCUT2D eigenvalue weighted by atomic mass is 32.2. The third-order valence-electron chi connectivity index (χ3n) is 5.67. The third-order valence-corrected chi connectivity index (χ3v) is 9.02. The zero-order valence-electron chi connectivity index (χ0n) is 25.9. The first kappa shape index (κ1) is 38.1. The van der Waals surface area contributed by atoms with Crippen LogP contribution in [0.3, 0.4) is 0 Å². The molecule has 0 saturated heterocycles. The average Bonchev–Trinajstić information content (AvgIpc) is 2.76. The van der Waals surface area contributed by atoms with Gasteiger partial charge in [0.2, 0.25) is 0 Å². The van der Waals surface area contributed by atoms with Crippen molar-refractivity contribution in [1.29, 1.82) is 0 Å². The minimum atomic E-state index is -4.78. The maximum Gasteiger partial charge on any atom is 0.537 e. The van der Waals surface area contributed by atoms with Crippen LogP contribution < -0.4 is 0 Å². The standard InChI is InChI=1S/C29H49O9PS/c1-21(2)15-13-17-23(4)19-14-18-22(3)16-11-12-20-24(40(33,34)35)39(32)38-27(36-25(30)28(5,6)7)37-26(31)29(8,9)10/h15-16,19,24,27H,11-14,17-18,20H2,1-10H3/p+1. The lowest BCUT2D eigenvalue weighted by Crippen LogP contribution is -2.35. The van der Waals surface area contributed by atoms with Crippen molar-refractivity contribution in [2.45, 2.75) is 126 Å². The quantitative estimate of drug-likeness (QED) is 0.0463. The van der Waals surface area contributed by atoms with Gasteiger partial charge in [0, 0.05) is 6.42 Å². The normalized spacial score (nSPS) is 14.6. The Balaban J connectivity index is 5.21. The number of allylic oxidation sites excluding steroid dienone is 6. The van der Waals surface area contributed by atoms with Gasteiger partial charge in [0.05, 0.1) is 10.8 Å². The van der Waals surface area contributed by atoms with Gasteiger partial charge in [-0.1, -0.05) is 39.5 Å². The number of unbranched alkanes of at least 4 members (excludes halogenated alkanes) is 1. The maximum absolute atomic E-state index is 12.9. The van der Waals surface area contributed by atoms with Crippen LogP contribution in [0.4, 0.5) is 0 Å². The predicted molar refractivity (Wildman–Crippen MR) is 158 cm³/mol. The summed E-state index contributed by atoms with van der Waals surface area (Å²) in [5, 5.41) is 0. The van der Waals surface area contributed by atoms with Gasteiger partial charge >= 0.3 is 41.6 Å². The lowest BCUT2D eigenvalue weighted by molar-refractivity contribution is -0.243. The Morgan fingerprint density at radius 1 is 0.800 bits per heavy atom. The van der Waals surface area contributed by atoms with Crippen molar-refractivity contribution in [2.75, 3.05) is 0 Å². The van der Waals surface area contributed by atoms with Crippen LogP contribution in [0.15, 0.2) is 34.9 Å². The van der Waals surface area contributed by atoms with Crippen molar-refractivity contribution in [2.24, 2.45) is 10.8 Å². The van der Waals surface area contributed by atoms with Crippen molar-refractivity contribution >= 4 is 30.1 Å². The molecule has 2 unspecified atom stereocenters. The number of ether oxygens (including phenoxy) is 2. The van der Waals surface area contributed by atoms with E-state index in [1.165, 1.54) is 11.1 Å². The van der Waals surface area contributed by atoms with Crippen molar-refractivity contribution in [1.82, 2.24) is 0 Å². The molecular weight excluding hydrogens is 555 g/mol. The van der Waals surface area contributed by atoms with Crippen LogP contribution in [0.5, 0.6) is 0 Å². The maximum atomic E-state index is 12.9. The zero-order valence-corrected chi connectivity index (χ0v) is 27.6. The summed E-state index contributed by atoms with van der Waals surface area (Å²) in [5.74, 6) is -1.63. The molecule has 0 aromatic rings. The fraction of sp³-hybridized carbons (Fsp3) is 0.724. The molecule has 9 nitrogen and oxygen atoms in total. The first-order chi connectivity index (χ1) is 18.1. The predicted octanol–water partition coefficient (Wildman–Crippen LogP) is 8.01. The van der Waals surface area contributed by atoms with Gasteiger partial charge in [-0.25, -0.2) is 0 Å². The molecule has 230 valence electrons. The van der Waals surface area contributed by atoms with Gasteiger partial charge in [0.15, 0.2) is 0 Å². The number of esters is 2. The Bertz CT molecular complexity index is 1030. The van der Waals surface area contributed by atoms with Crippen LogP contribution in [0.25, 0.3) is 0 Å². The summed E-state index contributed by atoms with van der Waals surface area (Å²) in [6.07, 6.45) is 10.9. The molecule has 0 saturated carbocycles. The average molecular weight is 606 g/mol. The van der Waals surface area contributed by atoms with Gasteiger partial charge in [-0.05, 0) is 112 Å². The Kier molecular flexibility index (Phi) is 16.4. The molecule has 0 spiro atoms. The summed E-state index contributed by atoms with van der Waals surface area (Å²) in [7, 11) is -7.92. The molecular formula is C29H50O9PS+. The number of hydrogen-bond acceptors (Lipinski definition) is 8. The van der Waals surface area contributed by atoms with Gasteiger partial charge in [0.25, 0.3) is 0 Å². The zero-order chi connectivity index (χ0) is 31.3. The highest BCUT2D eigenvalue weighted by Crippen LogP contribution is 2.39. The highest BCUT2D eigenvalue weighted by Gasteiger charge is 2.47. The molecule has 1 N–H and O–H groups in total. The van der Waals surface area contributed by atoms with Gasteiger partial charge in [-0.3, -0.25) is 14.1 Å². The SMILES string of the molecule is CC(C)=CCCC(C)=CCCC(C)=CCCCC([P+](=O)OC(OC(=O)C(C)(C)C)OC(=O)C(C)(C)C)S(=O)(=O)O. The largest absolute Gasteiger partial charge is 0.537 e. The molecule has 2 atom stereocenters. The van der Waals surface area contributed by atoms with Crippen molar-refractivity contribution in [3.8, 4) is 0 Å². The van der Waals surface area contributed by atoms with Crippen LogP contribution >= 0.6 is 8.03 Å². The van der Waals surface area contributed by atoms with Crippen LogP contribution in [0.1, 0.15) is 114 Å². The fourth-order valence-corrected chi connectivity index (χ4v) is 5.36. The summed E-state index contributed by atoms with van der Waals surface area (Å²) < 4.78 is 61.9. The first-order valence-corrected chi connectivity index (χ1v) is 16.4. The van der Waals surface area contributed by atoms with E-state index in [-0.39, 0.29) is 6.42 Å². The van der Waals surface area contributed by atoms with E-state index in [1.807, 2.05) is 13.0 Å². The minimum absolute atomic E-state index is 0.172. The molecule has 0 aliphatic rings. The van der Waals surface area contributed by atoms with Crippen LogP contribution in [0.2, 0.25) is 0 Å². The smallest absolute Gasteiger partial charge is 0.397 e. The third kappa shape index (κ3) is 17.1. The molecule has 0 aromatic heterocycles. The molecule has 0 aliphatic heterocycles. The fourth-order valence-electron chi connectivity index (χ4n) is 3.09. The van der Waals surface area contributed by atoms with Crippen LogP contribution in [-0.2, 0) is 38.3 Å². The Labute approximate surface area is 242 Å². The van der Waals surface area contributed by atoms with E-state index >= 15 is 0 Å². The Hall–Kier alpha value is -1.87. The van der Waals surface area contributed by atoms with Gasteiger partial charge in [-0.15, -0.1) is 0 Å². The van der Waals surface area contributed by atoms with Crippen LogP contribution in [0, 0.1) is 10.8 Å². The number of hydrogen-bond donors (Lipinski definition) is 1. The molecule has 11 heteroatoms. The summed E-state index contributed by atoms with van der Waals surface area (Å²) in [6.45, 7) is 15.6. The number of rotatable bonds is 16. The lowest BCUT2D eigenvalue weighted by atomic mass is 9.97. The summed E-state index contributed by atoms with van der Waals surface area (Å²) in [6, 6.07) is 0. The summed E-state index contributed by atoms with van der Waals surface area (Å²) in [5.41, 5.74) is 1.78. The van der Waals surface area contributed by atoms with E-state index < -0.39 is 52.4 Å². The van der Waals surface area contributed by atoms with Gasteiger partial charge in [-0.2, -0.15) is 8.42 Å². The molecule has 0 bridgehead atoms. The molecule has 0 amide bonds. The van der Waals surface area contributed by atoms with E-state index in [1.54, 1.807) is 41.5 Å².